The van der Waals surface area contributed by atoms with E-state index in [1.807, 2.05) is 6.07 Å². The summed E-state index contributed by atoms with van der Waals surface area (Å²) in [6.45, 7) is 2.15. The Bertz CT molecular complexity index is 205. The minimum Gasteiger partial charge on any atom is -0.312 e. The van der Waals surface area contributed by atoms with Gasteiger partial charge in [0.25, 0.3) is 0 Å². The molecule has 0 unspecified atom stereocenters. The Morgan fingerprint density at radius 1 is 1.40 bits per heavy atom. The molecule has 0 saturated heterocycles. The summed E-state index contributed by atoms with van der Waals surface area (Å²) >= 11 is 0. The van der Waals surface area contributed by atoms with Crippen LogP contribution in [0.5, 0.6) is 0 Å². The molecule has 1 heteroatoms. The maximum absolute atomic E-state index is 3.33. The van der Waals surface area contributed by atoms with Crippen molar-refractivity contribution < 1.29 is 0 Å². The molecule has 0 aliphatic carbocycles. The summed E-state index contributed by atoms with van der Waals surface area (Å²) in [7, 11) is 0. The van der Waals surface area contributed by atoms with Gasteiger partial charge in [-0.2, -0.15) is 0 Å². The van der Waals surface area contributed by atoms with Gasteiger partial charge in [-0.15, -0.1) is 0 Å². The van der Waals surface area contributed by atoms with E-state index >= 15 is 0 Å². The van der Waals surface area contributed by atoms with Crippen LogP contribution in [0.3, 0.4) is 0 Å². The second-order valence-electron chi connectivity index (χ2n) is 2.62. The molecule has 1 nitrogen and oxygen atoms in total. The molecule has 1 aliphatic rings. The van der Waals surface area contributed by atoms with E-state index in [4.69, 9.17) is 0 Å². The predicted octanol–water partition coefficient (Wildman–Crippen LogP) is 1.13. The lowest BCUT2D eigenvalue weighted by Gasteiger charge is -2.15. The summed E-state index contributed by atoms with van der Waals surface area (Å²) in [4.78, 5) is 0. The molecule has 0 amide bonds. The Balaban J connectivity index is 2.41. The fourth-order valence-corrected chi connectivity index (χ4v) is 1.35. The third-order valence-corrected chi connectivity index (χ3v) is 1.94. The third-order valence-electron chi connectivity index (χ3n) is 1.94. The standard InChI is InChI=1S/C9H10N/c1-2-4-9-7-10-6-5-8(9)3-1/h2-4,10H,5-7H2. The molecule has 51 valence electrons. The summed E-state index contributed by atoms with van der Waals surface area (Å²) in [6, 6.07) is 9.30. The van der Waals surface area contributed by atoms with Crippen LogP contribution in [-0.4, -0.2) is 6.54 Å². The number of fused-ring (bicyclic) bond motifs is 1. The summed E-state index contributed by atoms with van der Waals surface area (Å²) in [6.07, 6.45) is 1.16. The molecule has 0 fully saturated rings. The van der Waals surface area contributed by atoms with Crippen molar-refractivity contribution in [3.63, 3.8) is 0 Å². The van der Waals surface area contributed by atoms with Crippen molar-refractivity contribution in [3.05, 3.63) is 35.4 Å². The SMILES string of the molecule is [c]1ccc2c(c1)CCNC2. The highest BCUT2D eigenvalue weighted by Crippen LogP contribution is 2.11. The highest BCUT2D eigenvalue weighted by molar-refractivity contribution is 5.28. The van der Waals surface area contributed by atoms with Crippen molar-refractivity contribution in [1.82, 2.24) is 5.32 Å². The third kappa shape index (κ3) is 0.929. The normalized spacial score (nSPS) is 16.4. The van der Waals surface area contributed by atoms with Crippen molar-refractivity contribution in [3.8, 4) is 0 Å². The average Bonchev–Trinajstić information content (AvgIpc) is 2.05. The Hall–Kier alpha value is -0.820. The summed E-state index contributed by atoms with van der Waals surface area (Å²) in [5.41, 5.74) is 2.89. The van der Waals surface area contributed by atoms with E-state index in [2.05, 4.69) is 23.5 Å². The first-order chi connectivity index (χ1) is 4.97. The molecule has 0 atom stereocenters. The Morgan fingerprint density at radius 2 is 2.40 bits per heavy atom. The number of rotatable bonds is 0. The van der Waals surface area contributed by atoms with Crippen LogP contribution in [0.4, 0.5) is 0 Å². The first-order valence-corrected chi connectivity index (χ1v) is 3.65. The molecular formula is C9H10N. The molecule has 1 aromatic carbocycles. The minimum absolute atomic E-state index is 1.03. The molecule has 0 saturated carbocycles. The quantitative estimate of drug-likeness (QED) is 0.558. The molecule has 1 heterocycles. The van der Waals surface area contributed by atoms with Gasteiger partial charge in [0.05, 0.1) is 0 Å². The van der Waals surface area contributed by atoms with Gasteiger partial charge in [-0.05, 0) is 30.2 Å². The molecule has 0 aromatic heterocycles. The van der Waals surface area contributed by atoms with Gasteiger partial charge in [-0.3, -0.25) is 0 Å². The molecule has 1 N–H and O–H groups in total. The Kier molecular flexibility index (Phi) is 1.44. The maximum Gasteiger partial charge on any atom is 0.0208 e. The van der Waals surface area contributed by atoms with E-state index in [9.17, 15) is 0 Å². The molecule has 10 heavy (non-hydrogen) atoms. The lowest BCUT2D eigenvalue weighted by atomic mass is 10.0. The zero-order valence-corrected chi connectivity index (χ0v) is 5.85. The summed E-state index contributed by atoms with van der Waals surface area (Å²) in [5, 5.41) is 3.33. The fraction of sp³-hybridized carbons (Fsp3) is 0.333. The van der Waals surface area contributed by atoms with Crippen LogP contribution in [-0.2, 0) is 13.0 Å². The topological polar surface area (TPSA) is 12.0 Å². The van der Waals surface area contributed by atoms with Crippen LogP contribution in [0.25, 0.3) is 0 Å². The van der Waals surface area contributed by atoms with Gasteiger partial charge >= 0.3 is 0 Å². The van der Waals surface area contributed by atoms with Gasteiger partial charge in [0.1, 0.15) is 0 Å². The maximum atomic E-state index is 3.33. The highest BCUT2D eigenvalue weighted by Gasteiger charge is 2.05. The van der Waals surface area contributed by atoms with E-state index in [0.717, 1.165) is 19.5 Å². The minimum atomic E-state index is 1.03. The van der Waals surface area contributed by atoms with Crippen molar-refractivity contribution in [2.75, 3.05) is 6.54 Å². The van der Waals surface area contributed by atoms with Crippen LogP contribution in [0.15, 0.2) is 18.2 Å². The first kappa shape index (κ1) is 5.93. The van der Waals surface area contributed by atoms with Gasteiger partial charge in [-0.25, -0.2) is 0 Å². The van der Waals surface area contributed by atoms with E-state index in [1.54, 1.807) is 0 Å². The van der Waals surface area contributed by atoms with E-state index < -0.39 is 0 Å². The van der Waals surface area contributed by atoms with E-state index in [0.29, 0.717) is 0 Å². The van der Waals surface area contributed by atoms with Crippen molar-refractivity contribution in [2.45, 2.75) is 13.0 Å². The number of nitrogens with one attached hydrogen (secondary N) is 1. The zero-order valence-electron chi connectivity index (χ0n) is 5.85. The monoisotopic (exact) mass is 132 g/mol. The van der Waals surface area contributed by atoms with Crippen LogP contribution >= 0.6 is 0 Å². The van der Waals surface area contributed by atoms with Crippen LogP contribution in [0.1, 0.15) is 11.1 Å². The molecule has 1 aromatic rings. The second kappa shape index (κ2) is 2.43. The molecule has 2 rings (SSSR count). The lowest BCUT2D eigenvalue weighted by Crippen LogP contribution is -2.23. The molecule has 1 aliphatic heterocycles. The molecule has 0 bridgehead atoms. The van der Waals surface area contributed by atoms with Crippen molar-refractivity contribution >= 4 is 0 Å². The lowest BCUT2D eigenvalue weighted by molar-refractivity contribution is 0.644. The molecule has 1 radical (unpaired) electrons. The largest absolute Gasteiger partial charge is 0.312 e. The van der Waals surface area contributed by atoms with Gasteiger partial charge in [0.2, 0.25) is 0 Å². The number of hydrogen-bond acceptors (Lipinski definition) is 1. The molecular weight excluding hydrogens is 122 g/mol. The predicted molar refractivity (Wildman–Crippen MR) is 40.7 cm³/mol. The number of benzene rings is 1. The van der Waals surface area contributed by atoms with Gasteiger partial charge in [0.15, 0.2) is 0 Å². The summed E-state index contributed by atoms with van der Waals surface area (Å²) < 4.78 is 0. The smallest absolute Gasteiger partial charge is 0.0208 e. The van der Waals surface area contributed by atoms with Crippen LogP contribution in [0, 0.1) is 6.07 Å². The van der Waals surface area contributed by atoms with Crippen molar-refractivity contribution in [2.24, 2.45) is 0 Å². The van der Waals surface area contributed by atoms with Crippen LogP contribution < -0.4 is 5.32 Å². The van der Waals surface area contributed by atoms with E-state index in [-0.39, 0.29) is 0 Å². The first-order valence-electron chi connectivity index (χ1n) is 3.65. The zero-order chi connectivity index (χ0) is 6.81. The Labute approximate surface area is 61.1 Å². The number of hydrogen-bond donors (Lipinski definition) is 1. The van der Waals surface area contributed by atoms with Crippen molar-refractivity contribution in [1.29, 1.82) is 0 Å². The fourth-order valence-electron chi connectivity index (χ4n) is 1.35. The average molecular weight is 132 g/mol. The van der Waals surface area contributed by atoms with Gasteiger partial charge in [0, 0.05) is 6.54 Å². The van der Waals surface area contributed by atoms with E-state index in [1.165, 1.54) is 11.1 Å². The van der Waals surface area contributed by atoms with Crippen LogP contribution in [0.2, 0.25) is 0 Å². The Morgan fingerprint density at radius 3 is 3.30 bits per heavy atom. The summed E-state index contributed by atoms with van der Waals surface area (Å²) in [5.74, 6) is 0. The highest BCUT2D eigenvalue weighted by atomic mass is 14.9. The van der Waals surface area contributed by atoms with Gasteiger partial charge < -0.3 is 5.32 Å². The van der Waals surface area contributed by atoms with Gasteiger partial charge in [-0.1, -0.05) is 18.2 Å². The second-order valence-corrected chi connectivity index (χ2v) is 2.62. The molecule has 0 spiro atoms.